The van der Waals surface area contributed by atoms with Crippen molar-refractivity contribution in [1.82, 2.24) is 30.3 Å². The predicted octanol–water partition coefficient (Wildman–Crippen LogP) is 2.39. The second kappa shape index (κ2) is 11.2. The first-order valence-corrected chi connectivity index (χ1v) is 9.44. The molecule has 1 unspecified atom stereocenters. The van der Waals surface area contributed by atoms with Crippen molar-refractivity contribution >= 4 is 29.9 Å². The maximum absolute atomic E-state index is 5.69. The molecular weight excluding hydrogens is 469 g/mol. The molecule has 0 radical (unpaired) electrons. The van der Waals surface area contributed by atoms with Crippen molar-refractivity contribution in [2.24, 2.45) is 12.0 Å². The largest absolute Gasteiger partial charge is 0.468 e. The molecule has 9 heteroatoms. The van der Waals surface area contributed by atoms with Gasteiger partial charge in [-0.15, -0.1) is 40.8 Å². The summed E-state index contributed by atoms with van der Waals surface area (Å²) >= 11 is 0. The fourth-order valence-corrected chi connectivity index (χ4v) is 3.22. The van der Waals surface area contributed by atoms with Gasteiger partial charge < -0.3 is 19.6 Å². The number of likely N-dealkylation sites (tertiary alicyclic amines) is 1. The van der Waals surface area contributed by atoms with Gasteiger partial charge in [-0.1, -0.05) is 6.08 Å². The van der Waals surface area contributed by atoms with Gasteiger partial charge >= 0.3 is 0 Å². The highest BCUT2D eigenvalue weighted by Crippen LogP contribution is 2.24. The standard InChI is InChI=1S/C19H29N7O.HI/c1-4-9-20-19(22-14-18-24-23-15(2)25(18)3)21-13-16(17-8-7-12-27-17)26-10-5-6-11-26;/h4,7-8,12,16H,1,5-6,9-11,13-14H2,2-3H3,(H2,20,21,22);1H. The van der Waals surface area contributed by atoms with Crippen molar-refractivity contribution in [3.8, 4) is 0 Å². The molecule has 1 atom stereocenters. The Morgan fingerprint density at radius 1 is 1.36 bits per heavy atom. The van der Waals surface area contributed by atoms with Gasteiger partial charge in [0.25, 0.3) is 0 Å². The van der Waals surface area contributed by atoms with E-state index in [1.165, 1.54) is 12.8 Å². The normalized spacial score (nSPS) is 15.9. The number of aromatic nitrogens is 3. The highest BCUT2D eigenvalue weighted by molar-refractivity contribution is 14.0. The molecule has 3 heterocycles. The van der Waals surface area contributed by atoms with E-state index in [0.717, 1.165) is 36.5 Å². The molecule has 0 bridgehead atoms. The number of nitrogens with one attached hydrogen (secondary N) is 2. The third-order valence-electron chi connectivity index (χ3n) is 4.89. The SMILES string of the molecule is C=CCNC(=NCc1nnc(C)n1C)NCC(c1ccco1)N1CCCC1.I. The smallest absolute Gasteiger partial charge is 0.192 e. The number of furan rings is 1. The number of hydrogen-bond donors (Lipinski definition) is 2. The van der Waals surface area contributed by atoms with Gasteiger partial charge in [0.2, 0.25) is 0 Å². The number of hydrogen-bond acceptors (Lipinski definition) is 5. The second-order valence-electron chi connectivity index (χ2n) is 6.71. The van der Waals surface area contributed by atoms with Crippen LogP contribution in [0.25, 0.3) is 0 Å². The summed E-state index contributed by atoms with van der Waals surface area (Å²) < 4.78 is 7.64. The van der Waals surface area contributed by atoms with Crippen molar-refractivity contribution in [2.75, 3.05) is 26.2 Å². The summed E-state index contributed by atoms with van der Waals surface area (Å²) in [6.07, 6.45) is 6.02. The first-order valence-electron chi connectivity index (χ1n) is 9.44. The zero-order chi connectivity index (χ0) is 19.1. The van der Waals surface area contributed by atoms with E-state index in [9.17, 15) is 0 Å². The van der Waals surface area contributed by atoms with Crippen molar-refractivity contribution in [3.63, 3.8) is 0 Å². The van der Waals surface area contributed by atoms with Crippen molar-refractivity contribution in [3.05, 3.63) is 48.5 Å². The molecule has 2 N–H and O–H groups in total. The minimum Gasteiger partial charge on any atom is -0.468 e. The lowest BCUT2D eigenvalue weighted by molar-refractivity contribution is 0.215. The first kappa shape index (κ1) is 22.4. The molecule has 1 aliphatic heterocycles. The summed E-state index contributed by atoms with van der Waals surface area (Å²) in [7, 11) is 1.95. The minimum absolute atomic E-state index is 0. The van der Waals surface area contributed by atoms with E-state index in [-0.39, 0.29) is 30.0 Å². The molecule has 2 aromatic rings. The number of aliphatic imine (C=N–C) groups is 1. The lowest BCUT2D eigenvalue weighted by Crippen LogP contribution is -2.42. The van der Waals surface area contributed by atoms with E-state index in [2.05, 4.69) is 37.3 Å². The van der Waals surface area contributed by atoms with Gasteiger partial charge in [0.05, 0.1) is 12.3 Å². The third kappa shape index (κ3) is 5.81. The van der Waals surface area contributed by atoms with Gasteiger partial charge in [-0.2, -0.15) is 0 Å². The van der Waals surface area contributed by atoms with Crippen molar-refractivity contribution in [2.45, 2.75) is 32.4 Å². The average Bonchev–Trinajstić information content (AvgIpc) is 3.43. The number of guanidine groups is 1. The fourth-order valence-electron chi connectivity index (χ4n) is 3.22. The van der Waals surface area contributed by atoms with E-state index in [0.29, 0.717) is 19.6 Å². The molecule has 1 aliphatic rings. The zero-order valence-electron chi connectivity index (χ0n) is 16.6. The zero-order valence-corrected chi connectivity index (χ0v) is 18.9. The van der Waals surface area contributed by atoms with Crippen LogP contribution in [0.15, 0.2) is 40.5 Å². The fraction of sp³-hybridized carbons (Fsp3) is 0.526. The summed E-state index contributed by atoms with van der Waals surface area (Å²) in [5.41, 5.74) is 0. The molecule has 2 aromatic heterocycles. The van der Waals surface area contributed by atoms with Crippen molar-refractivity contribution < 1.29 is 4.42 Å². The van der Waals surface area contributed by atoms with Crippen LogP contribution < -0.4 is 10.6 Å². The molecule has 1 fully saturated rings. The van der Waals surface area contributed by atoms with E-state index in [4.69, 9.17) is 4.42 Å². The Labute approximate surface area is 183 Å². The molecule has 8 nitrogen and oxygen atoms in total. The molecule has 0 aliphatic carbocycles. The van der Waals surface area contributed by atoms with Crippen LogP contribution in [0.1, 0.15) is 36.3 Å². The monoisotopic (exact) mass is 499 g/mol. The van der Waals surface area contributed by atoms with Crippen LogP contribution in [-0.2, 0) is 13.6 Å². The summed E-state index contributed by atoms with van der Waals surface area (Å²) in [6.45, 7) is 9.70. The highest BCUT2D eigenvalue weighted by atomic mass is 127. The van der Waals surface area contributed by atoms with Gasteiger partial charge in [-0.05, 0) is 45.0 Å². The van der Waals surface area contributed by atoms with E-state index in [1.54, 1.807) is 6.26 Å². The molecule has 154 valence electrons. The molecule has 28 heavy (non-hydrogen) atoms. The van der Waals surface area contributed by atoms with Gasteiger partial charge in [-0.3, -0.25) is 4.90 Å². The molecule has 1 saturated heterocycles. The van der Waals surface area contributed by atoms with Crippen molar-refractivity contribution in [1.29, 1.82) is 0 Å². The number of rotatable bonds is 8. The molecule has 0 spiro atoms. The van der Waals surface area contributed by atoms with Gasteiger partial charge in [0.15, 0.2) is 11.8 Å². The highest BCUT2D eigenvalue weighted by Gasteiger charge is 2.25. The molecule has 0 aromatic carbocycles. The van der Waals surface area contributed by atoms with Crippen LogP contribution in [0.5, 0.6) is 0 Å². The van der Waals surface area contributed by atoms with Gasteiger partial charge in [0.1, 0.15) is 18.1 Å². The van der Waals surface area contributed by atoms with Crippen LogP contribution in [-0.4, -0.2) is 51.8 Å². The Kier molecular flexibility index (Phi) is 8.97. The maximum Gasteiger partial charge on any atom is 0.192 e. The quantitative estimate of drug-likeness (QED) is 0.251. The lowest BCUT2D eigenvalue weighted by Gasteiger charge is -2.26. The van der Waals surface area contributed by atoms with Gasteiger partial charge in [-0.25, -0.2) is 4.99 Å². The van der Waals surface area contributed by atoms with Crippen LogP contribution in [0.3, 0.4) is 0 Å². The van der Waals surface area contributed by atoms with Gasteiger partial charge in [0, 0.05) is 20.1 Å². The minimum atomic E-state index is 0. The number of aryl methyl sites for hydroxylation is 1. The van der Waals surface area contributed by atoms with Crippen LogP contribution in [0.2, 0.25) is 0 Å². The van der Waals surface area contributed by atoms with Crippen LogP contribution in [0.4, 0.5) is 0 Å². The third-order valence-corrected chi connectivity index (χ3v) is 4.89. The van der Waals surface area contributed by atoms with E-state index in [1.807, 2.05) is 36.7 Å². The second-order valence-corrected chi connectivity index (χ2v) is 6.71. The lowest BCUT2D eigenvalue weighted by atomic mass is 10.2. The topological polar surface area (TPSA) is 83.5 Å². The number of nitrogens with zero attached hydrogens (tertiary/aromatic N) is 5. The average molecular weight is 499 g/mol. The molecule has 0 saturated carbocycles. The number of halogens is 1. The van der Waals surface area contributed by atoms with Crippen LogP contribution in [0, 0.1) is 6.92 Å². The predicted molar refractivity (Wildman–Crippen MR) is 121 cm³/mol. The summed E-state index contributed by atoms with van der Waals surface area (Å²) in [5, 5.41) is 15.0. The Bertz CT molecular complexity index is 750. The summed E-state index contributed by atoms with van der Waals surface area (Å²) in [4.78, 5) is 7.12. The maximum atomic E-state index is 5.69. The molecular formula is C19H30IN7O. The summed E-state index contributed by atoms with van der Waals surface area (Å²) in [5.74, 6) is 3.41. The molecule has 0 amide bonds. The summed E-state index contributed by atoms with van der Waals surface area (Å²) in [6, 6.07) is 4.18. The Morgan fingerprint density at radius 2 is 2.14 bits per heavy atom. The Balaban J connectivity index is 0.00000280. The van der Waals surface area contributed by atoms with E-state index >= 15 is 0 Å². The first-order chi connectivity index (χ1) is 13.2. The molecule has 3 rings (SSSR count). The Morgan fingerprint density at radius 3 is 2.75 bits per heavy atom. The van der Waals surface area contributed by atoms with Crippen LogP contribution >= 0.6 is 24.0 Å². The Hall–Kier alpha value is -1.88. The van der Waals surface area contributed by atoms with E-state index < -0.39 is 0 Å².